The van der Waals surface area contributed by atoms with E-state index < -0.39 is 0 Å². The molecule has 0 bridgehead atoms. The maximum absolute atomic E-state index is 11.5. The summed E-state index contributed by atoms with van der Waals surface area (Å²) in [6.07, 6.45) is 4.46. The van der Waals surface area contributed by atoms with E-state index in [1.807, 2.05) is 6.26 Å². The van der Waals surface area contributed by atoms with Crippen LogP contribution in [0.5, 0.6) is 0 Å². The molecule has 17 heavy (non-hydrogen) atoms. The molecular weight excluding hydrogens is 258 g/mol. The maximum Gasteiger partial charge on any atom is 0.277 e. The van der Waals surface area contributed by atoms with Crippen molar-refractivity contribution in [3.05, 3.63) is 5.89 Å². The summed E-state index contributed by atoms with van der Waals surface area (Å²) in [4.78, 5) is 11.5. The van der Waals surface area contributed by atoms with E-state index in [4.69, 9.17) is 4.42 Å². The molecule has 0 saturated heterocycles. The number of nitrogens with one attached hydrogen (secondary N) is 1. The molecule has 1 N–H and O–H groups in total. The van der Waals surface area contributed by atoms with Gasteiger partial charge in [-0.05, 0) is 25.0 Å². The van der Waals surface area contributed by atoms with Crippen molar-refractivity contribution in [3.63, 3.8) is 0 Å². The fourth-order valence-electron chi connectivity index (χ4n) is 1.24. The van der Waals surface area contributed by atoms with E-state index in [1.165, 1.54) is 24.6 Å². The molecule has 5 nitrogen and oxygen atoms in total. The van der Waals surface area contributed by atoms with Crippen LogP contribution in [0.2, 0.25) is 0 Å². The summed E-state index contributed by atoms with van der Waals surface area (Å²) in [5.41, 5.74) is 0. The van der Waals surface area contributed by atoms with E-state index in [-0.39, 0.29) is 5.91 Å². The van der Waals surface area contributed by atoms with Gasteiger partial charge in [0.15, 0.2) is 0 Å². The molecule has 0 spiro atoms. The van der Waals surface area contributed by atoms with E-state index in [1.54, 1.807) is 11.8 Å². The van der Waals surface area contributed by atoms with Gasteiger partial charge in [0, 0.05) is 6.54 Å². The number of hydrogen-bond acceptors (Lipinski definition) is 6. The van der Waals surface area contributed by atoms with Crippen molar-refractivity contribution in [2.75, 3.05) is 18.6 Å². The predicted molar refractivity (Wildman–Crippen MR) is 68.0 cm³/mol. The van der Waals surface area contributed by atoms with Gasteiger partial charge in [0.1, 0.15) is 0 Å². The highest BCUT2D eigenvalue weighted by Crippen LogP contribution is 2.27. The van der Waals surface area contributed by atoms with Gasteiger partial charge in [-0.1, -0.05) is 11.8 Å². The highest BCUT2D eigenvalue weighted by Gasteiger charge is 2.21. The van der Waals surface area contributed by atoms with Crippen LogP contribution in [0.4, 0.5) is 0 Å². The number of carbonyl (C=O) groups is 1. The van der Waals surface area contributed by atoms with Crippen LogP contribution in [-0.2, 0) is 10.5 Å². The Bertz CT molecular complexity index is 379. The van der Waals surface area contributed by atoms with E-state index >= 15 is 0 Å². The lowest BCUT2D eigenvalue weighted by molar-refractivity contribution is -0.118. The molecule has 1 saturated carbocycles. The molecule has 1 aromatic heterocycles. The normalized spacial score (nSPS) is 14.9. The monoisotopic (exact) mass is 273 g/mol. The van der Waals surface area contributed by atoms with Crippen molar-refractivity contribution in [1.82, 2.24) is 15.5 Å². The van der Waals surface area contributed by atoms with Gasteiger partial charge in [-0.3, -0.25) is 4.79 Å². The van der Waals surface area contributed by atoms with Crippen molar-refractivity contribution in [2.45, 2.75) is 23.8 Å². The fraction of sp³-hybridized carbons (Fsp3) is 0.700. The predicted octanol–water partition coefficient (Wildman–Crippen LogP) is 1.55. The van der Waals surface area contributed by atoms with Crippen LogP contribution in [0.1, 0.15) is 18.7 Å². The van der Waals surface area contributed by atoms with Crippen molar-refractivity contribution < 1.29 is 9.21 Å². The second-order valence-electron chi connectivity index (χ2n) is 3.93. The van der Waals surface area contributed by atoms with Gasteiger partial charge in [-0.15, -0.1) is 10.2 Å². The molecule has 94 valence electrons. The van der Waals surface area contributed by atoms with Crippen LogP contribution < -0.4 is 5.32 Å². The van der Waals surface area contributed by atoms with Crippen LogP contribution in [0.15, 0.2) is 9.64 Å². The van der Waals surface area contributed by atoms with E-state index in [0.29, 0.717) is 28.5 Å². The Morgan fingerprint density at radius 1 is 1.53 bits per heavy atom. The molecule has 0 aromatic carbocycles. The second kappa shape index (κ2) is 6.30. The topological polar surface area (TPSA) is 68.0 Å². The second-order valence-corrected chi connectivity index (χ2v) is 5.72. The molecule has 2 rings (SSSR count). The Hall–Kier alpha value is -0.690. The minimum absolute atomic E-state index is 0.0338. The van der Waals surface area contributed by atoms with Gasteiger partial charge in [0.25, 0.3) is 5.22 Å². The highest BCUT2D eigenvalue weighted by atomic mass is 32.2. The third kappa shape index (κ3) is 4.59. The van der Waals surface area contributed by atoms with Gasteiger partial charge in [0.05, 0.1) is 11.5 Å². The van der Waals surface area contributed by atoms with Crippen molar-refractivity contribution in [3.8, 4) is 0 Å². The van der Waals surface area contributed by atoms with Crippen LogP contribution in [0.25, 0.3) is 0 Å². The minimum atomic E-state index is 0.0338. The lowest BCUT2D eigenvalue weighted by atomic mass is 10.4. The standard InChI is InChI=1S/C10H15N3O2S2/c1-16-6-9-12-13-10(15-9)17-5-8(14)11-4-7-2-3-7/h7H,2-6H2,1H3,(H,11,14). The number of rotatable bonds is 7. The minimum Gasteiger partial charge on any atom is -0.415 e. The Morgan fingerprint density at radius 2 is 2.35 bits per heavy atom. The summed E-state index contributed by atoms with van der Waals surface area (Å²) < 4.78 is 5.35. The SMILES string of the molecule is CSCc1nnc(SCC(=O)NCC2CC2)o1. The average Bonchev–Trinajstić information content (AvgIpc) is 3.05. The molecule has 0 unspecified atom stereocenters. The summed E-state index contributed by atoms with van der Waals surface area (Å²) >= 11 is 2.91. The molecule has 1 fully saturated rings. The molecule has 0 radical (unpaired) electrons. The number of amides is 1. The van der Waals surface area contributed by atoms with E-state index in [0.717, 1.165) is 6.54 Å². The van der Waals surface area contributed by atoms with Crippen molar-refractivity contribution in [1.29, 1.82) is 0 Å². The van der Waals surface area contributed by atoms with Crippen LogP contribution in [-0.4, -0.2) is 34.7 Å². The third-order valence-electron chi connectivity index (χ3n) is 2.33. The van der Waals surface area contributed by atoms with Crippen LogP contribution >= 0.6 is 23.5 Å². The zero-order valence-corrected chi connectivity index (χ0v) is 11.3. The number of thioether (sulfide) groups is 2. The zero-order chi connectivity index (χ0) is 12.1. The maximum atomic E-state index is 11.5. The van der Waals surface area contributed by atoms with Crippen LogP contribution in [0.3, 0.4) is 0 Å². The molecule has 1 aliphatic rings. The van der Waals surface area contributed by atoms with Gasteiger partial charge in [0.2, 0.25) is 11.8 Å². The first-order chi connectivity index (χ1) is 8.28. The average molecular weight is 273 g/mol. The number of hydrogen-bond donors (Lipinski definition) is 1. The molecule has 1 aromatic rings. The first kappa shape index (κ1) is 12.8. The Labute approximate surface area is 109 Å². The number of aromatic nitrogens is 2. The smallest absolute Gasteiger partial charge is 0.277 e. The molecule has 1 heterocycles. The fourth-order valence-corrected chi connectivity index (χ4v) is 2.21. The van der Waals surface area contributed by atoms with E-state index in [2.05, 4.69) is 15.5 Å². The summed E-state index contributed by atoms with van der Waals surface area (Å²) in [6.45, 7) is 0.806. The summed E-state index contributed by atoms with van der Waals surface area (Å²) in [5, 5.41) is 11.1. The Balaban J connectivity index is 1.66. The molecule has 7 heteroatoms. The molecule has 1 aliphatic carbocycles. The van der Waals surface area contributed by atoms with Crippen molar-refractivity contribution >= 4 is 29.4 Å². The van der Waals surface area contributed by atoms with E-state index in [9.17, 15) is 4.79 Å². The molecule has 1 amide bonds. The highest BCUT2D eigenvalue weighted by molar-refractivity contribution is 7.99. The quantitative estimate of drug-likeness (QED) is 0.760. The Kier molecular flexibility index (Phi) is 4.73. The van der Waals surface area contributed by atoms with Crippen molar-refractivity contribution in [2.24, 2.45) is 5.92 Å². The summed E-state index contributed by atoms with van der Waals surface area (Å²) in [5.74, 6) is 2.40. The van der Waals surface area contributed by atoms with Gasteiger partial charge in [-0.2, -0.15) is 11.8 Å². The van der Waals surface area contributed by atoms with Gasteiger partial charge in [-0.25, -0.2) is 0 Å². The summed E-state index contributed by atoms with van der Waals surface area (Å²) in [6, 6.07) is 0. The number of nitrogens with zero attached hydrogens (tertiary/aromatic N) is 2. The lowest BCUT2D eigenvalue weighted by Gasteiger charge is -2.01. The largest absolute Gasteiger partial charge is 0.415 e. The lowest BCUT2D eigenvalue weighted by Crippen LogP contribution is -2.27. The first-order valence-electron chi connectivity index (χ1n) is 5.48. The molecule has 0 aliphatic heterocycles. The molecular formula is C10H15N3O2S2. The van der Waals surface area contributed by atoms with Gasteiger partial charge < -0.3 is 9.73 Å². The number of carbonyl (C=O) groups excluding carboxylic acids is 1. The third-order valence-corrected chi connectivity index (χ3v) is 3.68. The summed E-state index contributed by atoms with van der Waals surface area (Å²) in [7, 11) is 0. The Morgan fingerprint density at radius 3 is 3.06 bits per heavy atom. The zero-order valence-electron chi connectivity index (χ0n) is 9.64. The van der Waals surface area contributed by atoms with Crippen LogP contribution in [0, 0.1) is 5.92 Å². The molecule has 0 atom stereocenters. The van der Waals surface area contributed by atoms with Gasteiger partial charge >= 0.3 is 0 Å². The first-order valence-corrected chi connectivity index (χ1v) is 7.86.